The van der Waals surface area contributed by atoms with Crippen molar-refractivity contribution >= 4 is 17.7 Å². The van der Waals surface area contributed by atoms with E-state index in [9.17, 15) is 10.1 Å². The predicted molar refractivity (Wildman–Crippen MR) is 80.1 cm³/mol. The van der Waals surface area contributed by atoms with E-state index in [1.54, 1.807) is 6.07 Å². The highest BCUT2D eigenvalue weighted by Gasteiger charge is 2.23. The summed E-state index contributed by atoms with van der Waals surface area (Å²) in [6, 6.07) is 7.90. The van der Waals surface area contributed by atoms with Crippen LogP contribution in [0.5, 0.6) is 0 Å². The smallest absolute Gasteiger partial charge is 0.328 e. The molecular formula is C16H18N2O3. The van der Waals surface area contributed by atoms with Crippen LogP contribution < -0.4 is 4.90 Å². The number of carboxylic acids is 1. The molecule has 1 unspecified atom stereocenters. The Morgan fingerprint density at radius 3 is 3.10 bits per heavy atom. The molecule has 21 heavy (non-hydrogen) atoms. The van der Waals surface area contributed by atoms with E-state index in [1.165, 1.54) is 6.08 Å². The first-order valence-corrected chi connectivity index (χ1v) is 6.95. The van der Waals surface area contributed by atoms with Gasteiger partial charge in [0.1, 0.15) is 6.07 Å². The first-order chi connectivity index (χ1) is 10.2. The average molecular weight is 286 g/mol. The maximum atomic E-state index is 10.5. The van der Waals surface area contributed by atoms with Gasteiger partial charge in [-0.3, -0.25) is 0 Å². The van der Waals surface area contributed by atoms with E-state index in [2.05, 4.69) is 17.9 Å². The van der Waals surface area contributed by atoms with Gasteiger partial charge in [-0.15, -0.1) is 0 Å². The Morgan fingerprint density at radius 1 is 1.62 bits per heavy atom. The quantitative estimate of drug-likeness (QED) is 0.859. The summed E-state index contributed by atoms with van der Waals surface area (Å²) in [4.78, 5) is 12.8. The zero-order valence-electron chi connectivity index (χ0n) is 12.0. The Bertz CT molecular complexity index is 590. The summed E-state index contributed by atoms with van der Waals surface area (Å²) >= 11 is 0. The molecule has 0 saturated carbocycles. The lowest BCUT2D eigenvalue weighted by molar-refractivity contribution is -0.131. The monoisotopic (exact) mass is 286 g/mol. The van der Waals surface area contributed by atoms with Gasteiger partial charge in [-0.1, -0.05) is 13.0 Å². The molecule has 1 heterocycles. The molecule has 110 valence electrons. The van der Waals surface area contributed by atoms with Crippen LogP contribution in [0.3, 0.4) is 0 Å². The molecule has 1 aromatic carbocycles. The van der Waals surface area contributed by atoms with Gasteiger partial charge in [-0.2, -0.15) is 5.26 Å². The van der Waals surface area contributed by atoms with Gasteiger partial charge in [0.15, 0.2) is 0 Å². The van der Waals surface area contributed by atoms with Crippen LogP contribution in [0.2, 0.25) is 0 Å². The molecule has 0 aromatic heterocycles. The Kier molecular flexibility index (Phi) is 4.96. The number of aliphatic carboxylic acids is 1. The van der Waals surface area contributed by atoms with Gasteiger partial charge in [0, 0.05) is 12.6 Å². The molecule has 1 saturated heterocycles. The molecule has 1 aliphatic rings. The van der Waals surface area contributed by atoms with Gasteiger partial charge in [0.25, 0.3) is 0 Å². The van der Waals surface area contributed by atoms with Crippen molar-refractivity contribution in [2.24, 2.45) is 0 Å². The van der Waals surface area contributed by atoms with Crippen molar-refractivity contribution < 1.29 is 14.6 Å². The Hall–Kier alpha value is -2.32. The fourth-order valence-electron chi connectivity index (χ4n) is 2.48. The van der Waals surface area contributed by atoms with Crippen molar-refractivity contribution in [2.45, 2.75) is 19.4 Å². The summed E-state index contributed by atoms with van der Waals surface area (Å²) in [6.45, 7) is 4.18. The highest BCUT2D eigenvalue weighted by molar-refractivity contribution is 5.85. The number of anilines is 1. The second kappa shape index (κ2) is 6.91. The largest absolute Gasteiger partial charge is 0.478 e. The molecule has 0 spiro atoms. The number of rotatable bonds is 4. The number of hydrogen-bond donors (Lipinski definition) is 1. The third-order valence-electron chi connectivity index (χ3n) is 3.57. The predicted octanol–water partition coefficient (Wildman–Crippen LogP) is 2.27. The molecule has 5 heteroatoms. The molecule has 2 rings (SSSR count). The van der Waals surface area contributed by atoms with Crippen molar-refractivity contribution in [3.05, 3.63) is 35.4 Å². The number of carboxylic acid groups (broad SMARTS) is 1. The van der Waals surface area contributed by atoms with Crippen LogP contribution >= 0.6 is 0 Å². The Morgan fingerprint density at radius 2 is 2.43 bits per heavy atom. The van der Waals surface area contributed by atoms with Gasteiger partial charge < -0.3 is 14.7 Å². The average Bonchev–Trinajstić information content (AvgIpc) is 2.52. The number of morpholine rings is 1. The molecule has 0 radical (unpaired) electrons. The van der Waals surface area contributed by atoms with E-state index < -0.39 is 5.97 Å². The fourth-order valence-corrected chi connectivity index (χ4v) is 2.48. The molecule has 1 atom stereocenters. The summed E-state index contributed by atoms with van der Waals surface area (Å²) in [5, 5.41) is 18.0. The molecular weight excluding hydrogens is 268 g/mol. The van der Waals surface area contributed by atoms with Gasteiger partial charge in [0.05, 0.1) is 30.5 Å². The maximum absolute atomic E-state index is 10.5. The fraction of sp³-hybridized carbons (Fsp3) is 0.375. The van der Waals surface area contributed by atoms with Gasteiger partial charge >= 0.3 is 5.97 Å². The SMILES string of the molecule is CCC1COCCN1c1ccc(/C=C/C(=O)O)cc1C#N. The first-order valence-electron chi connectivity index (χ1n) is 6.95. The minimum absolute atomic E-state index is 0.270. The lowest BCUT2D eigenvalue weighted by Crippen LogP contribution is -2.45. The van der Waals surface area contributed by atoms with Crippen molar-refractivity contribution in [1.82, 2.24) is 0 Å². The van der Waals surface area contributed by atoms with E-state index in [4.69, 9.17) is 9.84 Å². The van der Waals surface area contributed by atoms with Gasteiger partial charge in [-0.05, 0) is 30.2 Å². The van der Waals surface area contributed by atoms with Gasteiger partial charge in [-0.25, -0.2) is 4.79 Å². The molecule has 1 aromatic rings. The minimum Gasteiger partial charge on any atom is -0.478 e. The second-order valence-electron chi connectivity index (χ2n) is 4.89. The van der Waals surface area contributed by atoms with Crippen LogP contribution in [0.15, 0.2) is 24.3 Å². The van der Waals surface area contributed by atoms with E-state index in [-0.39, 0.29) is 6.04 Å². The van der Waals surface area contributed by atoms with E-state index in [1.807, 2.05) is 12.1 Å². The number of hydrogen-bond acceptors (Lipinski definition) is 4. The summed E-state index contributed by atoms with van der Waals surface area (Å²) in [6.07, 6.45) is 3.51. The van der Waals surface area contributed by atoms with Crippen LogP contribution in [0, 0.1) is 11.3 Å². The van der Waals surface area contributed by atoms with Crippen LogP contribution in [-0.4, -0.2) is 36.9 Å². The van der Waals surface area contributed by atoms with Crippen molar-refractivity contribution in [3.8, 4) is 6.07 Å². The zero-order valence-corrected chi connectivity index (χ0v) is 12.0. The number of nitriles is 1. The van der Waals surface area contributed by atoms with Crippen LogP contribution in [0.4, 0.5) is 5.69 Å². The van der Waals surface area contributed by atoms with Crippen molar-refractivity contribution in [2.75, 3.05) is 24.7 Å². The van der Waals surface area contributed by atoms with Crippen molar-refractivity contribution in [3.63, 3.8) is 0 Å². The Balaban J connectivity index is 2.31. The molecule has 0 aliphatic carbocycles. The number of nitrogens with zero attached hydrogens (tertiary/aromatic N) is 2. The summed E-state index contributed by atoms with van der Waals surface area (Å²) in [5.74, 6) is -1.00. The van der Waals surface area contributed by atoms with Crippen molar-refractivity contribution in [1.29, 1.82) is 5.26 Å². The van der Waals surface area contributed by atoms with E-state index >= 15 is 0 Å². The topological polar surface area (TPSA) is 73.6 Å². The van der Waals surface area contributed by atoms with Crippen LogP contribution in [-0.2, 0) is 9.53 Å². The summed E-state index contributed by atoms with van der Waals surface area (Å²) in [5.41, 5.74) is 2.15. The molecule has 5 nitrogen and oxygen atoms in total. The third kappa shape index (κ3) is 3.61. The summed E-state index contributed by atoms with van der Waals surface area (Å²) < 4.78 is 5.49. The van der Waals surface area contributed by atoms with E-state index in [0.29, 0.717) is 24.3 Å². The highest BCUT2D eigenvalue weighted by Crippen LogP contribution is 2.26. The van der Waals surface area contributed by atoms with E-state index in [0.717, 1.165) is 24.7 Å². The molecule has 1 N–H and O–H groups in total. The molecule has 0 amide bonds. The van der Waals surface area contributed by atoms with Gasteiger partial charge in [0.2, 0.25) is 0 Å². The standard InChI is InChI=1S/C16H18N2O3/c1-2-14-11-21-8-7-18(14)15-5-3-12(4-6-16(19)20)9-13(15)10-17/h3-6,9,14H,2,7-8,11H2,1H3,(H,19,20)/b6-4+. The minimum atomic E-state index is -1.00. The normalized spacial score (nSPS) is 18.7. The highest BCUT2D eigenvalue weighted by atomic mass is 16.5. The molecule has 1 aliphatic heterocycles. The number of benzene rings is 1. The molecule has 0 bridgehead atoms. The lowest BCUT2D eigenvalue weighted by Gasteiger charge is -2.37. The summed E-state index contributed by atoms with van der Waals surface area (Å²) in [7, 11) is 0. The van der Waals surface area contributed by atoms with Crippen LogP contribution in [0.1, 0.15) is 24.5 Å². The number of ether oxygens (including phenoxy) is 1. The Labute approximate surface area is 124 Å². The lowest BCUT2D eigenvalue weighted by atomic mass is 10.0. The third-order valence-corrected chi connectivity index (χ3v) is 3.57. The molecule has 1 fully saturated rings. The zero-order chi connectivity index (χ0) is 15.2. The second-order valence-corrected chi connectivity index (χ2v) is 4.89. The van der Waals surface area contributed by atoms with Crippen LogP contribution in [0.25, 0.3) is 6.08 Å². The number of carbonyl (C=O) groups is 1. The maximum Gasteiger partial charge on any atom is 0.328 e. The first kappa shape index (κ1) is 15.1.